The molecule has 0 saturated carbocycles. The Morgan fingerprint density at radius 1 is 1.50 bits per heavy atom. The van der Waals surface area contributed by atoms with Crippen molar-refractivity contribution in [3.8, 4) is 0 Å². The predicted molar refractivity (Wildman–Crippen MR) is 88.1 cm³/mol. The maximum absolute atomic E-state index is 11.3. The van der Waals surface area contributed by atoms with E-state index in [0.717, 1.165) is 0 Å². The fraction of sp³-hybridized carbons (Fsp3) is 0.462. The summed E-state index contributed by atoms with van der Waals surface area (Å²) in [5.74, 6) is 0.0176. The van der Waals surface area contributed by atoms with Gasteiger partial charge < -0.3 is 15.0 Å². The quantitative estimate of drug-likeness (QED) is 0.380. The first kappa shape index (κ1) is 19.8. The zero-order valence-corrected chi connectivity index (χ0v) is 14.0. The number of carbonyl (C=O) groups excluding carboxylic acids is 1. The van der Waals surface area contributed by atoms with Crippen LogP contribution in [-0.4, -0.2) is 56.5 Å². The maximum atomic E-state index is 11.3. The van der Waals surface area contributed by atoms with Crippen molar-refractivity contribution < 1.29 is 22.9 Å². The Kier molecular flexibility index (Phi) is 8.09. The fourth-order valence-corrected chi connectivity index (χ4v) is 2.13. The number of nitrogens with zero attached hydrogens (tertiary/aromatic N) is 2. The van der Waals surface area contributed by atoms with E-state index in [4.69, 9.17) is 13.2 Å². The lowest BCUT2D eigenvalue weighted by atomic mass is 10.2. The number of para-hydroxylation sites is 2. The van der Waals surface area contributed by atoms with Crippen molar-refractivity contribution in [2.45, 2.75) is 13.0 Å². The van der Waals surface area contributed by atoms with E-state index in [-0.39, 0.29) is 17.7 Å². The lowest BCUT2D eigenvalue weighted by molar-refractivity contribution is -0.384. The summed E-state index contributed by atoms with van der Waals surface area (Å²) in [6.07, 6.45) is -0.160. The SMILES string of the molecule is CC(=O)N1CCOC(CNc2ccccc2[N+](=O)[O-])C1.N[SH](=O)=O. The number of hydrogen-bond acceptors (Lipinski definition) is 7. The Morgan fingerprint density at radius 2 is 2.12 bits per heavy atom. The van der Waals surface area contributed by atoms with E-state index >= 15 is 0 Å². The number of nitro benzene ring substituents is 1. The highest BCUT2D eigenvalue weighted by atomic mass is 32.2. The standard InChI is InChI=1S/C13H17N3O4.H3NO2S/c1-10(17)15-6-7-20-11(9-15)8-14-12-4-2-3-5-13(12)16(18)19;1-4(2)3/h2-5,11,14H,6-9H2,1H3;4H,(H2,1,2,3). The number of thiol groups is 1. The van der Waals surface area contributed by atoms with Crippen LogP contribution in [0.1, 0.15) is 6.92 Å². The van der Waals surface area contributed by atoms with Gasteiger partial charge in [0.1, 0.15) is 5.69 Å². The van der Waals surface area contributed by atoms with Crippen molar-refractivity contribution in [1.29, 1.82) is 0 Å². The summed E-state index contributed by atoms with van der Waals surface area (Å²) in [5, 5.41) is 18.0. The Balaban J connectivity index is 0.000000648. The highest BCUT2D eigenvalue weighted by molar-refractivity contribution is 7.69. The number of nitro groups is 1. The Hall–Kier alpha value is -2.24. The molecule has 1 amide bonds. The molecular formula is C13H20N4O6S. The number of nitrogens with one attached hydrogen (secondary N) is 1. The Bertz CT molecular complexity index is 643. The van der Waals surface area contributed by atoms with Crippen LogP contribution in [0.25, 0.3) is 0 Å². The van der Waals surface area contributed by atoms with Crippen LogP contribution in [0.3, 0.4) is 0 Å². The van der Waals surface area contributed by atoms with Crippen LogP contribution in [0.5, 0.6) is 0 Å². The van der Waals surface area contributed by atoms with Crippen molar-refractivity contribution in [2.75, 3.05) is 31.6 Å². The minimum Gasteiger partial charge on any atom is -0.377 e. The molecule has 1 heterocycles. The van der Waals surface area contributed by atoms with E-state index in [1.807, 2.05) is 0 Å². The third-order valence-corrected chi connectivity index (χ3v) is 3.21. The van der Waals surface area contributed by atoms with E-state index in [1.54, 1.807) is 23.1 Å². The Labute approximate surface area is 140 Å². The number of anilines is 1. The first-order chi connectivity index (χ1) is 11.3. The van der Waals surface area contributed by atoms with Crippen LogP contribution >= 0.6 is 0 Å². The lowest BCUT2D eigenvalue weighted by Gasteiger charge is -2.32. The maximum Gasteiger partial charge on any atom is 0.292 e. The third-order valence-electron chi connectivity index (χ3n) is 3.21. The van der Waals surface area contributed by atoms with Gasteiger partial charge in [0.2, 0.25) is 5.91 Å². The number of amides is 1. The molecule has 10 nitrogen and oxygen atoms in total. The predicted octanol–water partition coefficient (Wildman–Crippen LogP) is -0.274. The topological polar surface area (TPSA) is 145 Å². The van der Waals surface area contributed by atoms with Gasteiger partial charge in [0.05, 0.1) is 17.6 Å². The van der Waals surface area contributed by atoms with Gasteiger partial charge in [-0.15, -0.1) is 0 Å². The second-order valence-corrected chi connectivity index (χ2v) is 5.47. The summed E-state index contributed by atoms with van der Waals surface area (Å²) in [5.41, 5.74) is 0.493. The van der Waals surface area contributed by atoms with E-state index < -0.39 is 15.8 Å². The second kappa shape index (κ2) is 9.80. The molecule has 1 aromatic carbocycles. The first-order valence-electron chi connectivity index (χ1n) is 7.04. The summed E-state index contributed by atoms with van der Waals surface area (Å²) in [6.45, 7) is 3.54. The minimum atomic E-state index is -2.62. The summed E-state index contributed by atoms with van der Waals surface area (Å²) < 4.78 is 23.2. The van der Waals surface area contributed by atoms with Crippen LogP contribution in [0, 0.1) is 10.1 Å². The monoisotopic (exact) mass is 360 g/mol. The van der Waals surface area contributed by atoms with Crippen molar-refractivity contribution in [3.63, 3.8) is 0 Å². The number of ether oxygens (including phenoxy) is 1. The van der Waals surface area contributed by atoms with E-state index in [2.05, 4.69) is 10.5 Å². The molecule has 0 aromatic heterocycles. The van der Waals surface area contributed by atoms with Crippen LogP contribution in [0.4, 0.5) is 11.4 Å². The molecule has 1 aliphatic rings. The molecule has 134 valence electrons. The molecule has 0 aliphatic carbocycles. The zero-order chi connectivity index (χ0) is 18.1. The highest BCUT2D eigenvalue weighted by Gasteiger charge is 2.22. The number of benzene rings is 1. The highest BCUT2D eigenvalue weighted by Crippen LogP contribution is 2.23. The van der Waals surface area contributed by atoms with Gasteiger partial charge in [-0.05, 0) is 6.07 Å². The fourth-order valence-electron chi connectivity index (χ4n) is 2.13. The van der Waals surface area contributed by atoms with Gasteiger partial charge in [0.15, 0.2) is 10.9 Å². The number of hydrogen-bond donors (Lipinski definition) is 3. The molecule has 0 spiro atoms. The number of carbonyl (C=O) groups is 1. The lowest BCUT2D eigenvalue weighted by Crippen LogP contribution is -2.47. The molecule has 3 N–H and O–H groups in total. The Morgan fingerprint density at radius 3 is 2.71 bits per heavy atom. The number of nitrogens with two attached hydrogens (primary N) is 1. The molecule has 1 atom stereocenters. The summed E-state index contributed by atoms with van der Waals surface area (Å²) >= 11 is 0. The molecule has 2 rings (SSSR count). The van der Waals surface area contributed by atoms with Crippen LogP contribution in [0.2, 0.25) is 0 Å². The summed E-state index contributed by atoms with van der Waals surface area (Å²) in [7, 11) is -2.62. The zero-order valence-electron chi connectivity index (χ0n) is 13.1. The van der Waals surface area contributed by atoms with Crippen molar-refractivity contribution in [1.82, 2.24) is 4.90 Å². The average molecular weight is 360 g/mol. The normalized spacial score (nSPS) is 17.0. The van der Waals surface area contributed by atoms with Gasteiger partial charge >= 0.3 is 0 Å². The van der Waals surface area contributed by atoms with Crippen LogP contribution < -0.4 is 10.5 Å². The molecule has 11 heteroatoms. The largest absolute Gasteiger partial charge is 0.377 e. The molecule has 1 aliphatic heterocycles. The van der Waals surface area contributed by atoms with Gasteiger partial charge in [-0.25, -0.2) is 13.6 Å². The van der Waals surface area contributed by atoms with Gasteiger partial charge in [-0.1, -0.05) is 12.1 Å². The van der Waals surface area contributed by atoms with Gasteiger partial charge in [-0.3, -0.25) is 14.9 Å². The van der Waals surface area contributed by atoms with Crippen LogP contribution in [-0.2, 0) is 20.4 Å². The summed E-state index contributed by atoms with van der Waals surface area (Å²) in [6, 6.07) is 6.46. The molecule has 1 aromatic rings. The molecular weight excluding hydrogens is 340 g/mol. The molecule has 1 fully saturated rings. The van der Waals surface area contributed by atoms with E-state index in [9.17, 15) is 14.9 Å². The van der Waals surface area contributed by atoms with Crippen molar-refractivity contribution in [3.05, 3.63) is 34.4 Å². The molecule has 24 heavy (non-hydrogen) atoms. The number of rotatable bonds is 4. The third kappa shape index (κ3) is 6.89. The average Bonchev–Trinajstić information content (AvgIpc) is 2.53. The number of morpholine rings is 1. The molecule has 0 bridgehead atoms. The molecule has 0 radical (unpaired) electrons. The van der Waals surface area contributed by atoms with Gasteiger partial charge in [0.25, 0.3) is 5.69 Å². The summed E-state index contributed by atoms with van der Waals surface area (Å²) in [4.78, 5) is 23.5. The first-order valence-corrected chi connectivity index (χ1v) is 8.29. The molecule has 1 unspecified atom stereocenters. The van der Waals surface area contributed by atoms with Crippen molar-refractivity contribution >= 4 is 28.2 Å². The van der Waals surface area contributed by atoms with Crippen LogP contribution in [0.15, 0.2) is 24.3 Å². The van der Waals surface area contributed by atoms with Gasteiger partial charge in [0, 0.05) is 32.6 Å². The smallest absolute Gasteiger partial charge is 0.292 e. The van der Waals surface area contributed by atoms with E-state index in [0.29, 0.717) is 31.9 Å². The minimum absolute atomic E-state index is 0.0176. The van der Waals surface area contributed by atoms with Gasteiger partial charge in [-0.2, -0.15) is 0 Å². The second-order valence-electron chi connectivity index (χ2n) is 4.90. The molecule has 1 saturated heterocycles. The van der Waals surface area contributed by atoms with Crippen molar-refractivity contribution in [2.24, 2.45) is 5.14 Å². The van der Waals surface area contributed by atoms with E-state index in [1.165, 1.54) is 13.0 Å².